The van der Waals surface area contributed by atoms with Crippen LogP contribution in [0.15, 0.2) is 60.0 Å². The quantitative estimate of drug-likeness (QED) is 0.456. The van der Waals surface area contributed by atoms with Gasteiger partial charge in [-0.3, -0.25) is 4.79 Å². The summed E-state index contributed by atoms with van der Waals surface area (Å²) in [5.74, 6) is 0.484. The highest BCUT2D eigenvalue weighted by Crippen LogP contribution is 2.34. The molecule has 28 heavy (non-hydrogen) atoms. The number of fused-ring (bicyclic) bond motifs is 1. The van der Waals surface area contributed by atoms with E-state index in [9.17, 15) is 4.79 Å². The highest BCUT2D eigenvalue weighted by Gasteiger charge is 2.27. The highest BCUT2D eigenvalue weighted by molar-refractivity contribution is 7.18. The summed E-state index contributed by atoms with van der Waals surface area (Å²) in [4.78, 5) is 24.2. The smallest absolute Gasteiger partial charge is 0.273 e. The van der Waals surface area contributed by atoms with Crippen molar-refractivity contribution in [1.29, 1.82) is 0 Å². The Morgan fingerprint density at radius 1 is 0.964 bits per heavy atom. The SMILES string of the molecule is O=C(c1csc(-c2ccccc2)n1)N1CCC(c2nc3ccccc3s2)CC1. The fourth-order valence-electron chi connectivity index (χ4n) is 3.64. The number of carbonyl (C=O) groups excluding carboxylic acids is 1. The first kappa shape index (κ1) is 17.5. The summed E-state index contributed by atoms with van der Waals surface area (Å²) in [5, 5.41) is 3.98. The van der Waals surface area contributed by atoms with Crippen LogP contribution >= 0.6 is 22.7 Å². The molecule has 0 aliphatic carbocycles. The number of nitrogens with zero attached hydrogens (tertiary/aromatic N) is 3. The molecule has 5 rings (SSSR count). The van der Waals surface area contributed by atoms with Gasteiger partial charge in [-0.15, -0.1) is 22.7 Å². The van der Waals surface area contributed by atoms with Crippen molar-refractivity contribution in [3.05, 3.63) is 70.7 Å². The number of hydrogen-bond acceptors (Lipinski definition) is 5. The lowest BCUT2D eigenvalue weighted by atomic mass is 9.97. The van der Waals surface area contributed by atoms with Crippen LogP contribution in [-0.4, -0.2) is 33.9 Å². The number of likely N-dealkylation sites (tertiary alicyclic amines) is 1. The van der Waals surface area contributed by atoms with Crippen molar-refractivity contribution >= 4 is 38.8 Å². The molecule has 3 heterocycles. The standard InChI is InChI=1S/C22H19N3OS2/c26-22(18-14-27-20(24-18)15-6-2-1-3-7-15)25-12-10-16(11-13-25)21-23-17-8-4-5-9-19(17)28-21/h1-9,14,16H,10-13H2. The van der Waals surface area contributed by atoms with Crippen LogP contribution in [0.4, 0.5) is 0 Å². The van der Waals surface area contributed by atoms with Gasteiger partial charge < -0.3 is 4.90 Å². The molecule has 1 aliphatic rings. The Balaban J connectivity index is 1.26. The second-order valence-corrected chi connectivity index (χ2v) is 8.91. The first-order chi connectivity index (χ1) is 13.8. The minimum absolute atomic E-state index is 0.0428. The van der Waals surface area contributed by atoms with Crippen molar-refractivity contribution in [3.63, 3.8) is 0 Å². The fraction of sp³-hybridized carbons (Fsp3) is 0.227. The Kier molecular flexibility index (Phi) is 4.66. The molecular weight excluding hydrogens is 386 g/mol. The van der Waals surface area contributed by atoms with Gasteiger partial charge in [0.2, 0.25) is 0 Å². The number of hydrogen-bond donors (Lipinski definition) is 0. The molecule has 4 nitrogen and oxygen atoms in total. The molecule has 4 aromatic rings. The van der Waals surface area contributed by atoms with Gasteiger partial charge in [-0.2, -0.15) is 0 Å². The van der Waals surface area contributed by atoms with E-state index in [1.165, 1.54) is 21.0 Å². The molecule has 0 unspecified atom stereocenters. The van der Waals surface area contributed by atoms with Gasteiger partial charge in [-0.1, -0.05) is 42.5 Å². The summed E-state index contributed by atoms with van der Waals surface area (Å²) in [7, 11) is 0. The summed E-state index contributed by atoms with van der Waals surface area (Å²) in [6, 6.07) is 18.3. The second-order valence-electron chi connectivity index (χ2n) is 6.99. The Morgan fingerprint density at radius 2 is 1.71 bits per heavy atom. The fourth-order valence-corrected chi connectivity index (χ4v) is 5.58. The molecular formula is C22H19N3OS2. The van der Waals surface area contributed by atoms with Crippen molar-refractivity contribution in [3.8, 4) is 10.6 Å². The van der Waals surface area contributed by atoms with Gasteiger partial charge in [-0.05, 0) is 25.0 Å². The molecule has 6 heteroatoms. The summed E-state index contributed by atoms with van der Waals surface area (Å²) >= 11 is 3.31. The second kappa shape index (κ2) is 7.45. The van der Waals surface area contributed by atoms with E-state index in [0.29, 0.717) is 11.6 Å². The van der Waals surface area contributed by atoms with E-state index in [2.05, 4.69) is 23.2 Å². The molecule has 0 atom stereocenters. The molecule has 0 bridgehead atoms. The van der Waals surface area contributed by atoms with E-state index >= 15 is 0 Å². The van der Waals surface area contributed by atoms with E-state index in [1.807, 2.05) is 46.7 Å². The van der Waals surface area contributed by atoms with Crippen LogP contribution in [0.2, 0.25) is 0 Å². The Labute approximate surface area is 171 Å². The van der Waals surface area contributed by atoms with E-state index in [4.69, 9.17) is 4.98 Å². The molecule has 140 valence electrons. The predicted molar refractivity (Wildman–Crippen MR) is 115 cm³/mol. The van der Waals surface area contributed by atoms with Gasteiger partial charge in [0.25, 0.3) is 5.91 Å². The van der Waals surface area contributed by atoms with Crippen LogP contribution in [0.1, 0.15) is 34.3 Å². The number of rotatable bonds is 3. The topological polar surface area (TPSA) is 46.1 Å². The molecule has 1 saturated heterocycles. The third kappa shape index (κ3) is 3.34. The minimum atomic E-state index is 0.0428. The molecule has 0 spiro atoms. The summed E-state index contributed by atoms with van der Waals surface area (Å²) in [5.41, 5.74) is 2.69. The van der Waals surface area contributed by atoms with Crippen molar-refractivity contribution in [2.45, 2.75) is 18.8 Å². The Morgan fingerprint density at radius 3 is 2.50 bits per heavy atom. The van der Waals surface area contributed by atoms with Gasteiger partial charge in [-0.25, -0.2) is 9.97 Å². The molecule has 0 N–H and O–H groups in total. The monoisotopic (exact) mass is 405 g/mol. The number of carbonyl (C=O) groups is 1. The zero-order valence-electron chi connectivity index (χ0n) is 15.2. The zero-order valence-corrected chi connectivity index (χ0v) is 16.9. The molecule has 0 saturated carbocycles. The number of aromatic nitrogens is 2. The van der Waals surface area contributed by atoms with Gasteiger partial charge in [0.05, 0.1) is 15.2 Å². The van der Waals surface area contributed by atoms with E-state index in [0.717, 1.165) is 42.0 Å². The van der Waals surface area contributed by atoms with Gasteiger partial charge in [0.1, 0.15) is 10.7 Å². The predicted octanol–water partition coefficient (Wildman–Crippen LogP) is 5.44. The van der Waals surface area contributed by atoms with Gasteiger partial charge in [0, 0.05) is 30.0 Å². The van der Waals surface area contributed by atoms with Crippen LogP contribution < -0.4 is 0 Å². The number of piperidine rings is 1. The van der Waals surface area contributed by atoms with Crippen molar-refractivity contribution < 1.29 is 4.79 Å². The first-order valence-corrected chi connectivity index (χ1v) is 11.1. The summed E-state index contributed by atoms with van der Waals surface area (Å²) in [6.07, 6.45) is 1.92. The average molecular weight is 406 g/mol. The number of thiazole rings is 2. The lowest BCUT2D eigenvalue weighted by molar-refractivity contribution is 0.0708. The number of amides is 1. The van der Waals surface area contributed by atoms with Gasteiger partial charge in [0.15, 0.2) is 0 Å². The van der Waals surface area contributed by atoms with Crippen LogP contribution in [0.5, 0.6) is 0 Å². The van der Waals surface area contributed by atoms with Crippen LogP contribution in [-0.2, 0) is 0 Å². The largest absolute Gasteiger partial charge is 0.337 e. The summed E-state index contributed by atoms with van der Waals surface area (Å²) in [6.45, 7) is 1.52. The van der Waals surface area contributed by atoms with Crippen molar-refractivity contribution in [2.24, 2.45) is 0 Å². The van der Waals surface area contributed by atoms with E-state index in [1.54, 1.807) is 11.3 Å². The Hall–Kier alpha value is -2.57. The zero-order chi connectivity index (χ0) is 18.9. The molecule has 1 fully saturated rings. The highest BCUT2D eigenvalue weighted by atomic mass is 32.1. The van der Waals surface area contributed by atoms with Crippen molar-refractivity contribution in [2.75, 3.05) is 13.1 Å². The molecule has 2 aromatic heterocycles. The van der Waals surface area contributed by atoms with E-state index < -0.39 is 0 Å². The maximum atomic E-state index is 12.9. The third-order valence-electron chi connectivity index (χ3n) is 5.19. The maximum Gasteiger partial charge on any atom is 0.273 e. The van der Waals surface area contributed by atoms with Crippen molar-refractivity contribution in [1.82, 2.24) is 14.9 Å². The van der Waals surface area contributed by atoms with Gasteiger partial charge >= 0.3 is 0 Å². The molecule has 0 radical (unpaired) electrons. The van der Waals surface area contributed by atoms with E-state index in [-0.39, 0.29) is 5.91 Å². The van der Waals surface area contributed by atoms with Crippen LogP contribution in [0.3, 0.4) is 0 Å². The molecule has 1 amide bonds. The minimum Gasteiger partial charge on any atom is -0.337 e. The number of para-hydroxylation sites is 1. The number of benzene rings is 2. The first-order valence-electron chi connectivity index (χ1n) is 9.43. The van der Waals surface area contributed by atoms with Crippen LogP contribution in [0, 0.1) is 0 Å². The summed E-state index contributed by atoms with van der Waals surface area (Å²) < 4.78 is 1.24. The average Bonchev–Trinajstić information content (AvgIpc) is 3.41. The molecule has 2 aromatic carbocycles. The Bertz CT molecular complexity index is 1080. The normalized spacial score (nSPS) is 15.2. The maximum absolute atomic E-state index is 12.9. The molecule has 1 aliphatic heterocycles. The third-order valence-corrected chi connectivity index (χ3v) is 7.28. The lowest BCUT2D eigenvalue weighted by Gasteiger charge is -2.30. The van der Waals surface area contributed by atoms with Crippen LogP contribution in [0.25, 0.3) is 20.8 Å². The lowest BCUT2D eigenvalue weighted by Crippen LogP contribution is -2.38.